The van der Waals surface area contributed by atoms with Gasteiger partial charge in [-0.15, -0.1) is 0 Å². The molecule has 0 aliphatic carbocycles. The second-order valence-electron chi connectivity index (χ2n) is 5.40. The summed E-state index contributed by atoms with van der Waals surface area (Å²) < 4.78 is 0. The number of halogens is 2. The minimum atomic E-state index is 0.139. The van der Waals surface area contributed by atoms with E-state index in [-0.39, 0.29) is 6.04 Å². The lowest BCUT2D eigenvalue weighted by atomic mass is 9.93. The van der Waals surface area contributed by atoms with Crippen molar-refractivity contribution < 1.29 is 0 Å². The molecule has 0 aliphatic heterocycles. The Bertz CT molecular complexity index is 623. The summed E-state index contributed by atoms with van der Waals surface area (Å²) in [4.78, 5) is 0. The van der Waals surface area contributed by atoms with Crippen LogP contribution in [0.5, 0.6) is 0 Å². The van der Waals surface area contributed by atoms with Gasteiger partial charge >= 0.3 is 0 Å². The van der Waals surface area contributed by atoms with Crippen molar-refractivity contribution in [2.75, 3.05) is 6.54 Å². The maximum atomic E-state index is 6.22. The van der Waals surface area contributed by atoms with Crippen LogP contribution in [0.1, 0.15) is 41.6 Å². The first-order chi connectivity index (χ1) is 10.0. The number of aryl methyl sites for hydroxylation is 2. The second-order valence-corrected chi connectivity index (χ2v) is 6.24. The largest absolute Gasteiger partial charge is 0.306 e. The Morgan fingerprint density at radius 2 is 1.81 bits per heavy atom. The van der Waals surface area contributed by atoms with Crippen LogP contribution in [0.4, 0.5) is 0 Å². The van der Waals surface area contributed by atoms with Crippen LogP contribution in [0, 0.1) is 13.8 Å². The lowest BCUT2D eigenvalue weighted by Gasteiger charge is -2.22. The van der Waals surface area contributed by atoms with Crippen molar-refractivity contribution in [2.45, 2.75) is 33.2 Å². The third-order valence-corrected chi connectivity index (χ3v) is 4.28. The molecule has 2 aromatic rings. The quantitative estimate of drug-likeness (QED) is 0.744. The Labute approximate surface area is 137 Å². The van der Waals surface area contributed by atoms with Gasteiger partial charge in [-0.2, -0.15) is 0 Å². The van der Waals surface area contributed by atoms with Gasteiger partial charge in [0.15, 0.2) is 0 Å². The standard InChI is InChI=1S/C18H21Cl2N/c1-4-8-21-18(14-6-5-7-15(19)11-14)16-9-13(3)17(20)10-12(16)2/h5-7,9-11,18,21H,4,8H2,1-3H3. The molecular weight excluding hydrogens is 301 g/mol. The SMILES string of the molecule is CCCNC(c1cccc(Cl)c1)c1cc(C)c(Cl)cc1C. The van der Waals surface area contributed by atoms with E-state index in [1.807, 2.05) is 31.2 Å². The average molecular weight is 322 g/mol. The van der Waals surface area contributed by atoms with E-state index in [1.165, 1.54) is 16.7 Å². The van der Waals surface area contributed by atoms with Crippen LogP contribution < -0.4 is 5.32 Å². The Hall–Kier alpha value is -1.02. The molecule has 1 atom stereocenters. The molecule has 0 saturated heterocycles. The van der Waals surface area contributed by atoms with Gasteiger partial charge in [0.1, 0.15) is 0 Å². The van der Waals surface area contributed by atoms with E-state index in [4.69, 9.17) is 23.2 Å². The molecule has 0 heterocycles. The van der Waals surface area contributed by atoms with Crippen LogP contribution in [0.3, 0.4) is 0 Å². The van der Waals surface area contributed by atoms with Gasteiger partial charge < -0.3 is 5.32 Å². The molecule has 1 N–H and O–H groups in total. The van der Waals surface area contributed by atoms with Crippen LogP contribution in [0.2, 0.25) is 10.0 Å². The summed E-state index contributed by atoms with van der Waals surface area (Å²) in [7, 11) is 0. The van der Waals surface area contributed by atoms with E-state index < -0.39 is 0 Å². The summed E-state index contributed by atoms with van der Waals surface area (Å²) in [6.45, 7) is 7.27. The van der Waals surface area contributed by atoms with Crippen molar-refractivity contribution >= 4 is 23.2 Å². The molecule has 21 heavy (non-hydrogen) atoms. The molecule has 0 fully saturated rings. The number of rotatable bonds is 5. The van der Waals surface area contributed by atoms with E-state index in [1.54, 1.807) is 0 Å². The summed E-state index contributed by atoms with van der Waals surface area (Å²) in [6.07, 6.45) is 1.09. The molecule has 0 aliphatic rings. The van der Waals surface area contributed by atoms with E-state index in [9.17, 15) is 0 Å². The molecule has 3 heteroatoms. The summed E-state index contributed by atoms with van der Waals surface area (Å²) in [5.74, 6) is 0. The fraction of sp³-hybridized carbons (Fsp3) is 0.333. The third kappa shape index (κ3) is 4.00. The van der Waals surface area contributed by atoms with Crippen LogP contribution in [-0.2, 0) is 0 Å². The molecule has 1 unspecified atom stereocenters. The maximum absolute atomic E-state index is 6.22. The summed E-state index contributed by atoms with van der Waals surface area (Å²) in [5, 5.41) is 5.19. The molecule has 1 nitrogen and oxygen atoms in total. The van der Waals surface area contributed by atoms with Gasteiger partial charge in [0.25, 0.3) is 0 Å². The molecule has 112 valence electrons. The fourth-order valence-corrected chi connectivity index (χ4v) is 2.91. The summed E-state index contributed by atoms with van der Waals surface area (Å²) in [5.41, 5.74) is 4.73. The van der Waals surface area contributed by atoms with E-state index in [2.05, 4.69) is 31.3 Å². The Balaban J connectivity index is 2.47. The number of hydrogen-bond acceptors (Lipinski definition) is 1. The van der Waals surface area contributed by atoms with Crippen LogP contribution in [-0.4, -0.2) is 6.54 Å². The first-order valence-electron chi connectivity index (χ1n) is 7.28. The van der Waals surface area contributed by atoms with Crippen molar-refractivity contribution in [3.05, 3.63) is 68.7 Å². The predicted molar refractivity (Wildman–Crippen MR) is 92.5 cm³/mol. The van der Waals surface area contributed by atoms with E-state index in [0.29, 0.717) is 0 Å². The lowest BCUT2D eigenvalue weighted by Crippen LogP contribution is -2.24. The van der Waals surface area contributed by atoms with E-state index >= 15 is 0 Å². The van der Waals surface area contributed by atoms with E-state index in [0.717, 1.165) is 28.6 Å². The zero-order valence-electron chi connectivity index (χ0n) is 12.7. The normalized spacial score (nSPS) is 12.4. The molecular formula is C18H21Cl2N. The fourth-order valence-electron chi connectivity index (χ4n) is 2.50. The number of benzene rings is 2. The highest BCUT2D eigenvalue weighted by Gasteiger charge is 2.17. The van der Waals surface area contributed by atoms with Gasteiger partial charge in [-0.1, -0.05) is 48.3 Å². The van der Waals surface area contributed by atoms with Crippen molar-refractivity contribution in [3.63, 3.8) is 0 Å². The predicted octanol–water partition coefficient (Wildman–Crippen LogP) is 5.70. The van der Waals surface area contributed by atoms with Crippen molar-refractivity contribution in [1.82, 2.24) is 5.32 Å². The van der Waals surface area contributed by atoms with Crippen LogP contribution in [0.25, 0.3) is 0 Å². The zero-order valence-corrected chi connectivity index (χ0v) is 14.2. The minimum Gasteiger partial charge on any atom is -0.306 e. The molecule has 2 rings (SSSR count). The molecule has 0 amide bonds. The van der Waals surface area contributed by atoms with Crippen molar-refractivity contribution in [1.29, 1.82) is 0 Å². The molecule has 0 radical (unpaired) electrons. The van der Waals surface area contributed by atoms with Gasteiger partial charge in [-0.25, -0.2) is 0 Å². The average Bonchev–Trinajstić information content (AvgIpc) is 2.44. The van der Waals surface area contributed by atoms with Gasteiger partial charge in [-0.05, 0) is 67.3 Å². The molecule has 2 aromatic carbocycles. The Kier molecular flexibility index (Phi) is 5.69. The van der Waals surface area contributed by atoms with Gasteiger partial charge in [0.2, 0.25) is 0 Å². The minimum absolute atomic E-state index is 0.139. The molecule has 0 saturated carbocycles. The highest BCUT2D eigenvalue weighted by Crippen LogP contribution is 2.30. The molecule has 0 bridgehead atoms. The van der Waals surface area contributed by atoms with Gasteiger partial charge in [0.05, 0.1) is 6.04 Å². The first kappa shape index (κ1) is 16.4. The summed E-state index contributed by atoms with van der Waals surface area (Å²) in [6, 6.07) is 12.4. The lowest BCUT2D eigenvalue weighted by molar-refractivity contribution is 0.596. The maximum Gasteiger partial charge on any atom is 0.0579 e. The number of hydrogen-bond donors (Lipinski definition) is 1. The third-order valence-electron chi connectivity index (χ3n) is 3.64. The first-order valence-corrected chi connectivity index (χ1v) is 8.04. The van der Waals surface area contributed by atoms with Crippen LogP contribution >= 0.6 is 23.2 Å². The Morgan fingerprint density at radius 3 is 2.48 bits per heavy atom. The highest BCUT2D eigenvalue weighted by molar-refractivity contribution is 6.31. The zero-order chi connectivity index (χ0) is 15.4. The van der Waals surface area contributed by atoms with Gasteiger partial charge in [0, 0.05) is 10.0 Å². The van der Waals surface area contributed by atoms with Crippen molar-refractivity contribution in [3.8, 4) is 0 Å². The topological polar surface area (TPSA) is 12.0 Å². The number of nitrogens with one attached hydrogen (secondary N) is 1. The van der Waals surface area contributed by atoms with Crippen LogP contribution in [0.15, 0.2) is 36.4 Å². The van der Waals surface area contributed by atoms with Crippen molar-refractivity contribution in [2.24, 2.45) is 0 Å². The monoisotopic (exact) mass is 321 g/mol. The molecule has 0 spiro atoms. The second kappa shape index (κ2) is 7.31. The molecule has 0 aromatic heterocycles. The van der Waals surface area contributed by atoms with Gasteiger partial charge in [-0.3, -0.25) is 0 Å². The Morgan fingerprint density at radius 1 is 1.05 bits per heavy atom. The highest BCUT2D eigenvalue weighted by atomic mass is 35.5. The summed E-state index contributed by atoms with van der Waals surface area (Å²) >= 11 is 12.4. The smallest absolute Gasteiger partial charge is 0.0579 e.